The minimum Gasteiger partial charge on any atom is -0.467 e. The maximum atomic E-state index is 12.7. The van der Waals surface area contributed by atoms with Crippen molar-refractivity contribution in [3.63, 3.8) is 0 Å². The number of anilines is 1. The number of rotatable bonds is 8. The number of thioether (sulfide) groups is 1. The van der Waals surface area contributed by atoms with E-state index in [2.05, 4.69) is 38.8 Å². The fourth-order valence-electron chi connectivity index (χ4n) is 3.24. The summed E-state index contributed by atoms with van der Waals surface area (Å²) >= 11 is 1.45. The zero-order valence-corrected chi connectivity index (χ0v) is 19.0. The molecule has 1 unspecified atom stereocenters. The van der Waals surface area contributed by atoms with E-state index in [0.29, 0.717) is 6.54 Å². The molecule has 1 N–H and O–H groups in total. The van der Waals surface area contributed by atoms with Gasteiger partial charge in [-0.1, -0.05) is 25.6 Å². The van der Waals surface area contributed by atoms with Crippen molar-refractivity contribution in [2.75, 3.05) is 18.0 Å². The van der Waals surface area contributed by atoms with Crippen LogP contribution in [0.4, 0.5) is 5.95 Å². The summed E-state index contributed by atoms with van der Waals surface area (Å²) in [6.07, 6.45) is 4.86. The fraction of sp³-hybridized carbons (Fsp3) is 0.667. The first-order valence-electron chi connectivity index (χ1n) is 10.5. The lowest BCUT2D eigenvalue weighted by atomic mass is 10.00. The Bertz CT molecular complexity index is 794. The molecule has 3 heterocycles. The summed E-state index contributed by atoms with van der Waals surface area (Å²) in [5.74, 6) is 2.47. The molecule has 0 bridgehead atoms. The number of hydrogen-bond acceptors (Lipinski definition) is 6. The van der Waals surface area contributed by atoms with E-state index >= 15 is 0 Å². The van der Waals surface area contributed by atoms with Crippen LogP contribution in [0.1, 0.15) is 59.6 Å². The number of carbonyl (C=O) groups excluding carboxylic acids is 1. The quantitative estimate of drug-likeness (QED) is 0.653. The number of piperidine rings is 1. The molecular formula is C21H33N5O2S. The first-order valence-corrected chi connectivity index (χ1v) is 11.4. The van der Waals surface area contributed by atoms with Crippen LogP contribution in [-0.4, -0.2) is 44.6 Å². The van der Waals surface area contributed by atoms with Gasteiger partial charge in [0.05, 0.1) is 18.1 Å². The molecule has 0 spiro atoms. The van der Waals surface area contributed by atoms with Crippen molar-refractivity contribution in [2.24, 2.45) is 5.92 Å². The van der Waals surface area contributed by atoms with Gasteiger partial charge in [0.25, 0.3) is 0 Å². The van der Waals surface area contributed by atoms with Crippen molar-refractivity contribution in [1.82, 2.24) is 20.1 Å². The summed E-state index contributed by atoms with van der Waals surface area (Å²) in [7, 11) is 0. The third kappa shape index (κ3) is 5.56. The second-order valence-electron chi connectivity index (χ2n) is 8.60. The van der Waals surface area contributed by atoms with E-state index in [1.807, 2.05) is 32.9 Å². The molecule has 1 aliphatic heterocycles. The van der Waals surface area contributed by atoms with E-state index in [-0.39, 0.29) is 16.7 Å². The molecule has 7 nitrogen and oxygen atoms in total. The van der Waals surface area contributed by atoms with Crippen molar-refractivity contribution in [3.05, 3.63) is 24.2 Å². The molecule has 0 saturated carbocycles. The van der Waals surface area contributed by atoms with Crippen LogP contribution >= 0.6 is 11.8 Å². The van der Waals surface area contributed by atoms with E-state index < -0.39 is 0 Å². The summed E-state index contributed by atoms with van der Waals surface area (Å²) in [6.45, 7) is 12.9. The SMILES string of the molecule is CCC(C)(C)NC(=O)C(C)Sc1nnc(N2CCC(C)CC2)n1Cc1ccco1. The van der Waals surface area contributed by atoms with E-state index in [0.717, 1.165) is 55.1 Å². The maximum Gasteiger partial charge on any atom is 0.233 e. The third-order valence-electron chi connectivity index (χ3n) is 5.65. The van der Waals surface area contributed by atoms with Crippen LogP contribution in [0.15, 0.2) is 28.0 Å². The van der Waals surface area contributed by atoms with E-state index in [4.69, 9.17) is 4.42 Å². The number of furan rings is 1. The average Bonchev–Trinajstić information content (AvgIpc) is 3.33. The molecule has 8 heteroatoms. The molecule has 1 saturated heterocycles. The van der Waals surface area contributed by atoms with Crippen LogP contribution in [0.2, 0.25) is 0 Å². The van der Waals surface area contributed by atoms with Gasteiger partial charge in [0.1, 0.15) is 5.76 Å². The molecule has 2 aromatic rings. The van der Waals surface area contributed by atoms with Crippen molar-refractivity contribution < 1.29 is 9.21 Å². The standard InChI is InChI=1S/C21H33N5O2S/c1-6-21(4,5)22-18(27)16(3)29-20-24-23-19(25-11-9-15(2)10-12-25)26(20)14-17-8-7-13-28-17/h7-8,13,15-16H,6,9-12,14H2,1-5H3,(H,22,27). The normalized spacial score (nSPS) is 16.8. The summed E-state index contributed by atoms with van der Waals surface area (Å²) in [5, 5.41) is 12.5. The zero-order chi connectivity index (χ0) is 21.0. The lowest BCUT2D eigenvalue weighted by Crippen LogP contribution is -2.46. The van der Waals surface area contributed by atoms with Gasteiger partial charge in [0.2, 0.25) is 11.9 Å². The summed E-state index contributed by atoms with van der Waals surface area (Å²) in [6, 6.07) is 3.84. The van der Waals surface area contributed by atoms with Gasteiger partial charge in [-0.25, -0.2) is 0 Å². The zero-order valence-electron chi connectivity index (χ0n) is 18.1. The number of aromatic nitrogens is 3. The number of nitrogens with zero attached hydrogens (tertiary/aromatic N) is 4. The van der Waals surface area contributed by atoms with Crippen molar-refractivity contribution in [3.8, 4) is 0 Å². The summed E-state index contributed by atoms with van der Waals surface area (Å²) < 4.78 is 7.65. The average molecular weight is 420 g/mol. The van der Waals surface area contributed by atoms with Gasteiger partial charge in [0, 0.05) is 18.6 Å². The molecule has 0 aliphatic carbocycles. The van der Waals surface area contributed by atoms with Crippen LogP contribution in [0.25, 0.3) is 0 Å². The van der Waals surface area contributed by atoms with Crippen molar-refractivity contribution >= 4 is 23.6 Å². The van der Waals surface area contributed by atoms with E-state index in [9.17, 15) is 4.79 Å². The molecule has 0 aromatic carbocycles. The predicted octanol–water partition coefficient (Wildman–Crippen LogP) is 3.94. The maximum absolute atomic E-state index is 12.7. The Labute approximate surface area is 177 Å². The van der Waals surface area contributed by atoms with Gasteiger partial charge in [-0.05, 0) is 58.1 Å². The largest absolute Gasteiger partial charge is 0.467 e. The number of nitrogens with one attached hydrogen (secondary N) is 1. The summed E-state index contributed by atoms with van der Waals surface area (Å²) in [4.78, 5) is 15.0. The van der Waals surface area contributed by atoms with E-state index in [1.165, 1.54) is 11.8 Å². The molecule has 1 aliphatic rings. The van der Waals surface area contributed by atoms with Crippen LogP contribution in [0.5, 0.6) is 0 Å². The summed E-state index contributed by atoms with van der Waals surface area (Å²) in [5.41, 5.74) is -0.219. The van der Waals surface area contributed by atoms with Crippen LogP contribution in [0, 0.1) is 5.92 Å². The molecular weight excluding hydrogens is 386 g/mol. The third-order valence-corrected chi connectivity index (χ3v) is 6.74. The Morgan fingerprint density at radius 3 is 2.72 bits per heavy atom. The molecule has 29 heavy (non-hydrogen) atoms. The van der Waals surface area contributed by atoms with Crippen LogP contribution in [-0.2, 0) is 11.3 Å². The minimum absolute atomic E-state index is 0.0164. The number of amides is 1. The van der Waals surface area contributed by atoms with Crippen LogP contribution in [0.3, 0.4) is 0 Å². The van der Waals surface area contributed by atoms with Gasteiger partial charge < -0.3 is 14.6 Å². The Hall–Kier alpha value is -1.96. The van der Waals surface area contributed by atoms with Crippen molar-refractivity contribution in [2.45, 2.75) is 76.4 Å². The highest BCUT2D eigenvalue weighted by atomic mass is 32.2. The molecule has 160 valence electrons. The molecule has 1 atom stereocenters. The molecule has 2 aromatic heterocycles. The van der Waals surface area contributed by atoms with Gasteiger partial charge >= 0.3 is 0 Å². The number of carbonyl (C=O) groups is 1. The lowest BCUT2D eigenvalue weighted by molar-refractivity contribution is -0.121. The highest BCUT2D eigenvalue weighted by Crippen LogP contribution is 2.29. The Morgan fingerprint density at radius 2 is 2.10 bits per heavy atom. The number of hydrogen-bond donors (Lipinski definition) is 1. The Morgan fingerprint density at radius 1 is 1.38 bits per heavy atom. The Kier molecular flexibility index (Phi) is 6.93. The van der Waals surface area contributed by atoms with Gasteiger partial charge in [-0.3, -0.25) is 9.36 Å². The van der Waals surface area contributed by atoms with Gasteiger partial charge in [-0.15, -0.1) is 10.2 Å². The van der Waals surface area contributed by atoms with E-state index in [1.54, 1.807) is 6.26 Å². The minimum atomic E-state index is -0.269. The molecule has 1 fully saturated rings. The second-order valence-corrected chi connectivity index (χ2v) is 9.91. The fourth-order valence-corrected chi connectivity index (χ4v) is 4.09. The predicted molar refractivity (Wildman–Crippen MR) is 116 cm³/mol. The highest BCUT2D eigenvalue weighted by Gasteiger charge is 2.27. The van der Waals surface area contributed by atoms with Crippen LogP contribution < -0.4 is 10.2 Å². The Balaban J connectivity index is 1.79. The first kappa shape index (κ1) is 21.7. The molecule has 0 radical (unpaired) electrons. The topological polar surface area (TPSA) is 76.2 Å². The smallest absolute Gasteiger partial charge is 0.233 e. The van der Waals surface area contributed by atoms with Gasteiger partial charge in [-0.2, -0.15) is 0 Å². The molecule has 1 amide bonds. The molecule has 3 rings (SSSR count). The lowest BCUT2D eigenvalue weighted by Gasteiger charge is -2.31. The van der Waals surface area contributed by atoms with Gasteiger partial charge in [0.15, 0.2) is 5.16 Å². The highest BCUT2D eigenvalue weighted by molar-refractivity contribution is 8.00. The first-order chi connectivity index (χ1) is 13.8. The second kappa shape index (κ2) is 9.24. The van der Waals surface area contributed by atoms with Crippen molar-refractivity contribution in [1.29, 1.82) is 0 Å². The monoisotopic (exact) mass is 419 g/mol.